The van der Waals surface area contributed by atoms with Crippen molar-refractivity contribution in [2.45, 2.75) is 13.2 Å². The average Bonchev–Trinajstić information content (AvgIpc) is 2.78. The van der Waals surface area contributed by atoms with E-state index in [1.165, 1.54) is 0 Å². The van der Waals surface area contributed by atoms with Gasteiger partial charge in [0, 0.05) is 0 Å². The van der Waals surface area contributed by atoms with E-state index in [1.807, 2.05) is 0 Å². The minimum Gasteiger partial charge on any atom is -0.379 e. The molecular weight excluding hydrogens is 204 g/mol. The lowest BCUT2D eigenvalue weighted by Gasteiger charge is -1.97. The highest BCUT2D eigenvalue weighted by Crippen LogP contribution is 2.09. The van der Waals surface area contributed by atoms with Crippen LogP contribution in [-0.2, 0) is 18.0 Å². The number of nitrogens with zero attached hydrogens (tertiary/aromatic N) is 4. The first-order valence-electron chi connectivity index (χ1n) is 3.99. The number of nitrogens with two attached hydrogens (primary N) is 2. The normalized spacial score (nSPS) is 10.7. The SMILES string of the molecule is Nc1nonc1COCc1nonc1N. The highest BCUT2D eigenvalue weighted by atomic mass is 16.6. The lowest BCUT2D eigenvalue weighted by Crippen LogP contribution is -2.00. The maximum Gasteiger partial charge on any atom is 0.193 e. The fraction of sp³-hybridized carbons (Fsp3) is 0.333. The van der Waals surface area contributed by atoms with Gasteiger partial charge in [-0.2, -0.15) is 0 Å². The van der Waals surface area contributed by atoms with Crippen LogP contribution in [0.1, 0.15) is 11.4 Å². The van der Waals surface area contributed by atoms with Crippen LogP contribution in [0.2, 0.25) is 0 Å². The van der Waals surface area contributed by atoms with Crippen LogP contribution < -0.4 is 11.5 Å². The number of rotatable bonds is 4. The second kappa shape index (κ2) is 3.92. The Kier molecular flexibility index (Phi) is 2.46. The van der Waals surface area contributed by atoms with Gasteiger partial charge in [-0.3, -0.25) is 0 Å². The van der Waals surface area contributed by atoms with Crippen molar-refractivity contribution >= 4 is 11.6 Å². The van der Waals surface area contributed by atoms with Gasteiger partial charge in [0.05, 0.1) is 13.2 Å². The van der Waals surface area contributed by atoms with Crippen LogP contribution in [0.3, 0.4) is 0 Å². The molecule has 2 heterocycles. The van der Waals surface area contributed by atoms with Crippen molar-refractivity contribution in [1.29, 1.82) is 0 Å². The Balaban J connectivity index is 1.86. The van der Waals surface area contributed by atoms with Crippen LogP contribution in [0.5, 0.6) is 0 Å². The molecule has 2 aromatic heterocycles. The average molecular weight is 212 g/mol. The predicted molar refractivity (Wildman–Crippen MR) is 45.9 cm³/mol. The van der Waals surface area contributed by atoms with Crippen molar-refractivity contribution in [3.8, 4) is 0 Å². The van der Waals surface area contributed by atoms with Gasteiger partial charge in [-0.05, 0) is 10.3 Å². The first-order chi connectivity index (χ1) is 7.27. The zero-order chi connectivity index (χ0) is 10.7. The summed E-state index contributed by atoms with van der Waals surface area (Å²) < 4.78 is 14.0. The maximum atomic E-state index is 5.41. The molecule has 0 saturated carbocycles. The standard InChI is InChI=1S/C6H8N6O3/c7-5-3(9-14-11-5)1-13-2-4-6(8)12-15-10-4/h1-2H2,(H2,7,11)(H2,8,12). The summed E-state index contributed by atoms with van der Waals surface area (Å²) in [7, 11) is 0. The topological polar surface area (TPSA) is 139 Å². The van der Waals surface area contributed by atoms with Crippen LogP contribution >= 0.6 is 0 Å². The largest absolute Gasteiger partial charge is 0.379 e. The van der Waals surface area contributed by atoms with E-state index in [9.17, 15) is 0 Å². The molecule has 0 fully saturated rings. The van der Waals surface area contributed by atoms with Gasteiger partial charge in [-0.25, -0.2) is 9.26 Å². The highest BCUT2D eigenvalue weighted by Gasteiger charge is 2.09. The third kappa shape index (κ3) is 2.02. The first kappa shape index (κ1) is 9.40. The molecule has 9 nitrogen and oxygen atoms in total. The van der Waals surface area contributed by atoms with Crippen molar-refractivity contribution in [3.05, 3.63) is 11.4 Å². The van der Waals surface area contributed by atoms with Gasteiger partial charge in [-0.15, -0.1) is 0 Å². The van der Waals surface area contributed by atoms with Crippen molar-refractivity contribution < 1.29 is 14.0 Å². The molecule has 2 aromatic rings. The van der Waals surface area contributed by atoms with E-state index in [2.05, 4.69) is 29.9 Å². The Hall–Kier alpha value is -2.16. The lowest BCUT2D eigenvalue weighted by atomic mass is 10.4. The Bertz CT molecular complexity index is 397. The zero-order valence-electron chi connectivity index (χ0n) is 7.58. The second-order valence-corrected chi connectivity index (χ2v) is 2.69. The summed E-state index contributed by atoms with van der Waals surface area (Å²) in [4.78, 5) is 0. The molecule has 80 valence electrons. The van der Waals surface area contributed by atoms with E-state index >= 15 is 0 Å². The molecule has 0 spiro atoms. The molecule has 0 unspecified atom stereocenters. The summed E-state index contributed by atoms with van der Waals surface area (Å²) in [6.07, 6.45) is 0. The smallest absolute Gasteiger partial charge is 0.193 e. The van der Waals surface area contributed by atoms with Crippen molar-refractivity contribution in [2.24, 2.45) is 0 Å². The predicted octanol–water partition coefficient (Wildman–Crippen LogP) is -0.666. The molecule has 0 saturated heterocycles. The molecule has 0 atom stereocenters. The first-order valence-corrected chi connectivity index (χ1v) is 3.99. The van der Waals surface area contributed by atoms with Gasteiger partial charge >= 0.3 is 0 Å². The Morgan fingerprint density at radius 3 is 1.67 bits per heavy atom. The number of hydrogen-bond donors (Lipinski definition) is 2. The summed E-state index contributed by atoms with van der Waals surface area (Å²) in [5.74, 6) is 0.391. The molecule has 0 bridgehead atoms. The van der Waals surface area contributed by atoms with Gasteiger partial charge in [0.1, 0.15) is 0 Å². The summed E-state index contributed by atoms with van der Waals surface area (Å²) in [5.41, 5.74) is 11.7. The second-order valence-electron chi connectivity index (χ2n) is 2.69. The minimum atomic E-state index is 0.154. The van der Waals surface area contributed by atoms with Crippen LogP contribution in [0.4, 0.5) is 11.6 Å². The molecular formula is C6H8N6O3. The molecule has 0 radical (unpaired) electrons. The third-order valence-corrected chi connectivity index (χ3v) is 1.65. The summed E-state index contributed by atoms with van der Waals surface area (Å²) >= 11 is 0. The minimum absolute atomic E-state index is 0.154. The maximum absolute atomic E-state index is 5.41. The van der Waals surface area contributed by atoms with E-state index in [0.29, 0.717) is 11.4 Å². The molecule has 15 heavy (non-hydrogen) atoms. The van der Waals surface area contributed by atoms with Gasteiger partial charge in [0.25, 0.3) is 0 Å². The number of nitrogen functional groups attached to an aromatic ring is 2. The number of anilines is 2. The number of aromatic nitrogens is 4. The van der Waals surface area contributed by atoms with Gasteiger partial charge in [0.2, 0.25) is 0 Å². The van der Waals surface area contributed by atoms with Crippen LogP contribution in [-0.4, -0.2) is 20.6 Å². The van der Waals surface area contributed by atoms with Crippen molar-refractivity contribution in [3.63, 3.8) is 0 Å². The van der Waals surface area contributed by atoms with Crippen molar-refractivity contribution in [1.82, 2.24) is 20.6 Å². The lowest BCUT2D eigenvalue weighted by molar-refractivity contribution is 0.0971. The Labute approximate surface area is 83.3 Å². The van der Waals surface area contributed by atoms with Crippen molar-refractivity contribution in [2.75, 3.05) is 11.5 Å². The van der Waals surface area contributed by atoms with Crippen LogP contribution in [0, 0.1) is 0 Å². The van der Waals surface area contributed by atoms with Gasteiger partial charge < -0.3 is 16.2 Å². The van der Waals surface area contributed by atoms with Crippen LogP contribution in [0.25, 0.3) is 0 Å². The Morgan fingerprint density at radius 1 is 0.867 bits per heavy atom. The fourth-order valence-corrected chi connectivity index (χ4v) is 0.871. The molecule has 0 aliphatic rings. The summed E-state index contributed by atoms with van der Waals surface area (Å²) in [6.45, 7) is 0.309. The molecule has 0 aliphatic carbocycles. The highest BCUT2D eigenvalue weighted by molar-refractivity contribution is 5.31. The quantitative estimate of drug-likeness (QED) is 0.675. The van der Waals surface area contributed by atoms with E-state index in [-0.39, 0.29) is 24.8 Å². The van der Waals surface area contributed by atoms with E-state index < -0.39 is 0 Å². The summed E-state index contributed by atoms with van der Waals surface area (Å²) in [6, 6.07) is 0. The zero-order valence-corrected chi connectivity index (χ0v) is 7.58. The molecule has 0 aromatic carbocycles. The fourth-order valence-electron chi connectivity index (χ4n) is 0.871. The van der Waals surface area contributed by atoms with E-state index in [0.717, 1.165) is 0 Å². The Morgan fingerprint density at radius 2 is 1.33 bits per heavy atom. The molecule has 0 amide bonds. The number of hydrogen-bond acceptors (Lipinski definition) is 9. The molecule has 9 heteroatoms. The monoisotopic (exact) mass is 212 g/mol. The molecule has 4 N–H and O–H groups in total. The van der Waals surface area contributed by atoms with E-state index in [1.54, 1.807) is 0 Å². The molecule has 0 aliphatic heterocycles. The number of ether oxygens (including phenoxy) is 1. The van der Waals surface area contributed by atoms with Gasteiger partial charge in [0.15, 0.2) is 23.0 Å². The van der Waals surface area contributed by atoms with E-state index in [4.69, 9.17) is 16.2 Å². The summed E-state index contributed by atoms with van der Waals surface area (Å²) in [5, 5.41) is 13.8. The van der Waals surface area contributed by atoms with Crippen LogP contribution in [0.15, 0.2) is 9.26 Å². The third-order valence-electron chi connectivity index (χ3n) is 1.65. The van der Waals surface area contributed by atoms with Gasteiger partial charge in [-0.1, -0.05) is 10.3 Å². The molecule has 2 rings (SSSR count).